The monoisotopic (exact) mass is 178 g/mol. The average Bonchev–Trinajstić information content (AvgIpc) is 2.03. The van der Waals surface area contributed by atoms with Gasteiger partial charge in [-0.15, -0.1) is 0 Å². The smallest absolute Gasteiger partial charge is 0.159 e. The van der Waals surface area contributed by atoms with E-state index in [9.17, 15) is 4.79 Å². The molecule has 0 aromatic rings. The lowest BCUT2D eigenvalue weighted by molar-refractivity contribution is -0.113. The third-order valence-electron chi connectivity index (χ3n) is 2.48. The second-order valence-corrected chi connectivity index (χ2v) is 4.67. The van der Waals surface area contributed by atoms with Gasteiger partial charge in [-0.05, 0) is 25.2 Å². The minimum absolute atomic E-state index is 0.182. The first-order valence-corrected chi connectivity index (χ1v) is 4.83. The van der Waals surface area contributed by atoms with Crippen molar-refractivity contribution in [3.05, 3.63) is 23.3 Å². The fourth-order valence-corrected chi connectivity index (χ4v) is 1.54. The highest BCUT2D eigenvalue weighted by Gasteiger charge is 2.19. The molecule has 72 valence electrons. The fraction of sp³-hybridized carbons (Fsp3) is 0.583. The van der Waals surface area contributed by atoms with Crippen LogP contribution >= 0.6 is 0 Å². The number of rotatable bonds is 1. The minimum Gasteiger partial charge on any atom is -0.295 e. The van der Waals surface area contributed by atoms with Gasteiger partial charge in [0.15, 0.2) is 5.78 Å². The number of Topliss-reactive ketones (excluding diaryl/α,β-unsaturated/α-hetero) is 1. The third-order valence-corrected chi connectivity index (χ3v) is 2.48. The summed E-state index contributed by atoms with van der Waals surface area (Å²) in [4.78, 5) is 11.2. The summed E-state index contributed by atoms with van der Waals surface area (Å²) in [6, 6.07) is 0. The number of allylic oxidation sites excluding steroid dienone is 4. The van der Waals surface area contributed by atoms with E-state index in [1.54, 1.807) is 6.92 Å². The molecule has 0 amide bonds. The molecule has 0 aliphatic heterocycles. The van der Waals surface area contributed by atoms with E-state index in [0.29, 0.717) is 0 Å². The van der Waals surface area contributed by atoms with Crippen LogP contribution in [-0.4, -0.2) is 5.78 Å². The zero-order valence-corrected chi connectivity index (χ0v) is 8.98. The maximum absolute atomic E-state index is 11.2. The van der Waals surface area contributed by atoms with Gasteiger partial charge >= 0.3 is 0 Å². The van der Waals surface area contributed by atoms with Gasteiger partial charge in [-0.1, -0.05) is 38.5 Å². The molecule has 1 heteroatoms. The van der Waals surface area contributed by atoms with Crippen molar-refractivity contribution in [1.29, 1.82) is 0 Å². The van der Waals surface area contributed by atoms with Gasteiger partial charge < -0.3 is 0 Å². The van der Waals surface area contributed by atoms with Crippen LogP contribution in [0.4, 0.5) is 0 Å². The molecule has 0 bridgehead atoms. The number of carbonyl (C=O) groups is 1. The van der Waals surface area contributed by atoms with Crippen molar-refractivity contribution in [1.82, 2.24) is 0 Å². The lowest BCUT2D eigenvalue weighted by Crippen LogP contribution is -2.13. The Bertz CT molecular complexity index is 274. The van der Waals surface area contributed by atoms with Gasteiger partial charge in [0.25, 0.3) is 0 Å². The van der Waals surface area contributed by atoms with Gasteiger partial charge in [-0.3, -0.25) is 4.79 Å². The molecule has 0 heterocycles. The largest absolute Gasteiger partial charge is 0.295 e. The van der Waals surface area contributed by atoms with E-state index in [4.69, 9.17) is 0 Å². The number of carbonyl (C=O) groups excluding carboxylic acids is 1. The topological polar surface area (TPSA) is 17.1 Å². The number of hydrogen-bond donors (Lipinski definition) is 0. The van der Waals surface area contributed by atoms with E-state index < -0.39 is 0 Å². The molecule has 0 unspecified atom stereocenters. The highest BCUT2D eigenvalue weighted by molar-refractivity contribution is 5.96. The van der Waals surface area contributed by atoms with Crippen molar-refractivity contribution in [2.24, 2.45) is 5.41 Å². The van der Waals surface area contributed by atoms with Crippen LogP contribution in [-0.2, 0) is 4.79 Å². The molecular weight excluding hydrogens is 160 g/mol. The summed E-state index contributed by atoms with van der Waals surface area (Å²) in [7, 11) is 0. The van der Waals surface area contributed by atoms with Crippen molar-refractivity contribution in [2.75, 3.05) is 0 Å². The molecule has 0 atom stereocenters. The summed E-state index contributed by atoms with van der Waals surface area (Å²) in [5.41, 5.74) is 2.48. The zero-order chi connectivity index (χ0) is 10.1. The highest BCUT2D eigenvalue weighted by atomic mass is 16.1. The van der Waals surface area contributed by atoms with Crippen LogP contribution in [0.2, 0.25) is 0 Å². The molecule has 1 aliphatic carbocycles. The summed E-state index contributed by atoms with van der Waals surface area (Å²) in [6.07, 6.45) is 6.21. The molecule has 0 spiro atoms. The minimum atomic E-state index is 0.182. The summed E-state index contributed by atoms with van der Waals surface area (Å²) < 4.78 is 0. The van der Waals surface area contributed by atoms with Crippen LogP contribution in [0.5, 0.6) is 0 Å². The van der Waals surface area contributed by atoms with Crippen molar-refractivity contribution in [3.63, 3.8) is 0 Å². The quantitative estimate of drug-likeness (QED) is 0.602. The molecule has 0 radical (unpaired) electrons. The van der Waals surface area contributed by atoms with Gasteiger partial charge in [0, 0.05) is 5.57 Å². The lowest BCUT2D eigenvalue weighted by atomic mass is 9.80. The van der Waals surface area contributed by atoms with Gasteiger partial charge in [-0.2, -0.15) is 0 Å². The van der Waals surface area contributed by atoms with Crippen molar-refractivity contribution in [3.8, 4) is 0 Å². The third kappa shape index (κ3) is 2.55. The predicted molar refractivity (Wildman–Crippen MR) is 55.5 cm³/mol. The van der Waals surface area contributed by atoms with E-state index in [-0.39, 0.29) is 11.2 Å². The van der Waals surface area contributed by atoms with Crippen LogP contribution in [0, 0.1) is 5.41 Å². The van der Waals surface area contributed by atoms with E-state index >= 15 is 0 Å². The van der Waals surface area contributed by atoms with Gasteiger partial charge in [0.05, 0.1) is 0 Å². The molecule has 0 N–H and O–H groups in total. The Hall–Kier alpha value is -0.850. The van der Waals surface area contributed by atoms with Crippen LogP contribution in [0.3, 0.4) is 0 Å². The number of ketones is 1. The molecule has 0 saturated carbocycles. The molecule has 1 rings (SSSR count). The maximum atomic E-state index is 11.2. The van der Waals surface area contributed by atoms with E-state index in [2.05, 4.69) is 26.8 Å². The van der Waals surface area contributed by atoms with Crippen molar-refractivity contribution in [2.45, 2.75) is 40.5 Å². The van der Waals surface area contributed by atoms with Gasteiger partial charge in [0.1, 0.15) is 0 Å². The molecule has 0 aromatic carbocycles. The Labute approximate surface area is 80.5 Å². The number of hydrogen-bond acceptors (Lipinski definition) is 1. The summed E-state index contributed by atoms with van der Waals surface area (Å²) >= 11 is 0. The molecule has 13 heavy (non-hydrogen) atoms. The van der Waals surface area contributed by atoms with E-state index in [1.807, 2.05) is 6.08 Å². The lowest BCUT2D eigenvalue weighted by Gasteiger charge is -2.25. The normalized spacial score (nSPS) is 17.8. The molecule has 1 aliphatic rings. The van der Waals surface area contributed by atoms with Gasteiger partial charge in [0.2, 0.25) is 0 Å². The second kappa shape index (κ2) is 3.49. The maximum Gasteiger partial charge on any atom is 0.159 e. The predicted octanol–water partition coefficient (Wildman–Crippen LogP) is 3.27. The molecule has 1 nitrogen and oxygen atoms in total. The summed E-state index contributed by atoms with van der Waals surface area (Å²) in [5, 5.41) is 0. The van der Waals surface area contributed by atoms with Crippen molar-refractivity contribution < 1.29 is 4.79 Å². The van der Waals surface area contributed by atoms with E-state index in [1.165, 1.54) is 5.57 Å². The first-order chi connectivity index (χ1) is 5.91. The SMILES string of the molecule is CC(=O)C1=CCCC(C(C)(C)C)=C1. The Kier molecular flexibility index (Phi) is 2.74. The standard InChI is InChI=1S/C12H18O/c1-9(13)10-6-5-7-11(8-10)12(2,3)4/h6,8H,5,7H2,1-4H3. The Morgan fingerprint density at radius 2 is 2.00 bits per heavy atom. The summed E-state index contributed by atoms with van der Waals surface area (Å²) in [6.45, 7) is 8.22. The van der Waals surface area contributed by atoms with Crippen LogP contribution in [0.15, 0.2) is 23.3 Å². The molecular formula is C12H18O. The zero-order valence-electron chi connectivity index (χ0n) is 8.98. The van der Waals surface area contributed by atoms with Crippen LogP contribution < -0.4 is 0 Å². The van der Waals surface area contributed by atoms with Crippen LogP contribution in [0.1, 0.15) is 40.5 Å². The molecule has 0 saturated heterocycles. The average molecular weight is 178 g/mol. The highest BCUT2D eigenvalue weighted by Crippen LogP contribution is 2.32. The van der Waals surface area contributed by atoms with Crippen molar-refractivity contribution >= 4 is 5.78 Å². The Morgan fingerprint density at radius 1 is 1.38 bits per heavy atom. The van der Waals surface area contributed by atoms with Crippen LogP contribution in [0.25, 0.3) is 0 Å². The van der Waals surface area contributed by atoms with Gasteiger partial charge in [-0.25, -0.2) is 0 Å². The Balaban J connectivity index is 2.91. The Morgan fingerprint density at radius 3 is 2.46 bits per heavy atom. The fourth-order valence-electron chi connectivity index (χ4n) is 1.54. The second-order valence-electron chi connectivity index (χ2n) is 4.67. The summed E-state index contributed by atoms with van der Waals surface area (Å²) in [5.74, 6) is 0.182. The molecule has 0 fully saturated rings. The van der Waals surface area contributed by atoms with E-state index in [0.717, 1.165) is 18.4 Å². The first-order valence-electron chi connectivity index (χ1n) is 4.83. The molecule has 0 aromatic heterocycles. The first kappa shape index (κ1) is 10.2.